The Bertz CT molecular complexity index is 307. The Kier molecular flexibility index (Phi) is 5.39. The highest BCUT2D eigenvalue weighted by molar-refractivity contribution is 5.77. The van der Waals surface area contributed by atoms with Gasteiger partial charge in [0.25, 0.3) is 0 Å². The number of piperidine rings is 1. The summed E-state index contributed by atoms with van der Waals surface area (Å²) in [5, 5.41) is 3.05. The number of hydrogen-bond acceptors (Lipinski definition) is 3. The molecule has 0 aromatic heterocycles. The van der Waals surface area contributed by atoms with Crippen LogP contribution in [0.2, 0.25) is 0 Å². The SMILES string of the molecule is CN1CCCC(C(C)(C)CNC(=O)CC(C)(C)N)C1. The molecular weight excluding hydrogens is 238 g/mol. The van der Waals surface area contributed by atoms with Crippen LogP contribution >= 0.6 is 0 Å². The van der Waals surface area contributed by atoms with Crippen LogP contribution < -0.4 is 11.1 Å². The van der Waals surface area contributed by atoms with Gasteiger partial charge in [0.2, 0.25) is 5.91 Å². The quantitative estimate of drug-likeness (QED) is 0.797. The summed E-state index contributed by atoms with van der Waals surface area (Å²) in [6, 6.07) is 0. The van der Waals surface area contributed by atoms with Gasteiger partial charge in [-0.1, -0.05) is 13.8 Å². The third-order valence-corrected chi connectivity index (χ3v) is 4.09. The average Bonchev–Trinajstić information content (AvgIpc) is 2.24. The lowest BCUT2D eigenvalue weighted by Crippen LogP contribution is -2.46. The number of nitrogens with two attached hydrogens (primary N) is 1. The van der Waals surface area contributed by atoms with Crippen LogP contribution in [0.3, 0.4) is 0 Å². The minimum Gasteiger partial charge on any atom is -0.355 e. The fraction of sp³-hybridized carbons (Fsp3) is 0.933. The summed E-state index contributed by atoms with van der Waals surface area (Å²) in [5.41, 5.74) is 5.58. The second-order valence-electron chi connectivity index (χ2n) is 7.53. The van der Waals surface area contributed by atoms with E-state index in [1.807, 2.05) is 13.8 Å². The number of nitrogens with zero attached hydrogens (tertiary/aromatic N) is 1. The van der Waals surface area contributed by atoms with Crippen LogP contribution in [0.25, 0.3) is 0 Å². The second-order valence-corrected chi connectivity index (χ2v) is 7.53. The lowest BCUT2D eigenvalue weighted by atomic mass is 9.74. The Labute approximate surface area is 118 Å². The molecule has 0 aliphatic carbocycles. The Morgan fingerprint density at radius 1 is 1.37 bits per heavy atom. The molecule has 0 bridgehead atoms. The summed E-state index contributed by atoms with van der Waals surface area (Å²) in [5.74, 6) is 0.710. The van der Waals surface area contributed by atoms with Crippen molar-refractivity contribution in [2.75, 3.05) is 26.7 Å². The van der Waals surface area contributed by atoms with Gasteiger partial charge in [-0.25, -0.2) is 0 Å². The smallest absolute Gasteiger partial charge is 0.221 e. The van der Waals surface area contributed by atoms with Gasteiger partial charge in [0.15, 0.2) is 0 Å². The lowest BCUT2D eigenvalue weighted by Gasteiger charge is -2.40. The fourth-order valence-electron chi connectivity index (χ4n) is 2.75. The van der Waals surface area contributed by atoms with Gasteiger partial charge in [-0.3, -0.25) is 4.79 Å². The monoisotopic (exact) mass is 269 g/mol. The molecule has 1 rings (SSSR count). The average molecular weight is 269 g/mol. The van der Waals surface area contributed by atoms with Crippen molar-refractivity contribution in [2.45, 2.75) is 52.5 Å². The third kappa shape index (κ3) is 5.91. The Balaban J connectivity index is 2.43. The van der Waals surface area contributed by atoms with Crippen molar-refractivity contribution in [3.63, 3.8) is 0 Å². The minimum atomic E-state index is -0.431. The molecule has 1 unspecified atom stereocenters. The molecule has 1 amide bonds. The molecule has 0 aromatic rings. The van der Waals surface area contributed by atoms with Crippen molar-refractivity contribution in [1.29, 1.82) is 0 Å². The van der Waals surface area contributed by atoms with Crippen LogP contribution in [0.15, 0.2) is 0 Å². The predicted octanol–water partition coefficient (Wildman–Crippen LogP) is 1.60. The summed E-state index contributed by atoms with van der Waals surface area (Å²) in [6.07, 6.45) is 2.90. The molecule has 4 nitrogen and oxygen atoms in total. The van der Waals surface area contributed by atoms with E-state index >= 15 is 0 Å². The lowest BCUT2D eigenvalue weighted by molar-refractivity contribution is -0.122. The first-order chi connectivity index (χ1) is 8.60. The molecule has 4 heteroatoms. The highest BCUT2D eigenvalue weighted by Gasteiger charge is 2.32. The maximum absolute atomic E-state index is 11.9. The molecule has 19 heavy (non-hydrogen) atoms. The molecule has 0 saturated carbocycles. The zero-order chi connectivity index (χ0) is 14.7. The highest BCUT2D eigenvalue weighted by Crippen LogP contribution is 2.32. The standard InChI is InChI=1S/C15H31N3O/c1-14(2,12-7-6-8-18(5)10-12)11-17-13(19)9-15(3,4)16/h12H,6-11,16H2,1-5H3,(H,17,19). The maximum Gasteiger partial charge on any atom is 0.221 e. The molecule has 112 valence electrons. The second kappa shape index (κ2) is 6.23. The van der Waals surface area contributed by atoms with E-state index in [4.69, 9.17) is 5.73 Å². The Hall–Kier alpha value is -0.610. The number of carbonyl (C=O) groups is 1. The minimum absolute atomic E-state index is 0.0599. The van der Waals surface area contributed by atoms with Crippen LogP contribution in [-0.2, 0) is 4.79 Å². The maximum atomic E-state index is 11.9. The van der Waals surface area contributed by atoms with E-state index in [-0.39, 0.29) is 11.3 Å². The third-order valence-electron chi connectivity index (χ3n) is 4.09. The van der Waals surface area contributed by atoms with E-state index in [1.165, 1.54) is 19.4 Å². The number of carbonyl (C=O) groups excluding carboxylic acids is 1. The van der Waals surface area contributed by atoms with Crippen LogP contribution in [0.5, 0.6) is 0 Å². The van der Waals surface area contributed by atoms with E-state index in [2.05, 4.69) is 31.1 Å². The fourth-order valence-corrected chi connectivity index (χ4v) is 2.75. The summed E-state index contributed by atoms with van der Waals surface area (Å²) >= 11 is 0. The molecule has 1 atom stereocenters. The van der Waals surface area contributed by atoms with Gasteiger partial charge < -0.3 is 16.0 Å². The van der Waals surface area contributed by atoms with Gasteiger partial charge in [-0.15, -0.1) is 0 Å². The molecule has 0 spiro atoms. The van der Waals surface area contributed by atoms with Crippen LogP contribution in [0, 0.1) is 11.3 Å². The zero-order valence-electron chi connectivity index (χ0n) is 13.3. The van der Waals surface area contributed by atoms with Crippen LogP contribution in [-0.4, -0.2) is 43.0 Å². The van der Waals surface area contributed by atoms with Crippen molar-refractivity contribution >= 4 is 5.91 Å². The molecule has 1 aliphatic rings. The summed E-state index contributed by atoms with van der Waals surface area (Å²) in [7, 11) is 2.18. The van der Waals surface area contributed by atoms with Crippen molar-refractivity contribution in [3.05, 3.63) is 0 Å². The summed E-state index contributed by atoms with van der Waals surface area (Å²) in [4.78, 5) is 14.2. The van der Waals surface area contributed by atoms with Crippen LogP contribution in [0.1, 0.15) is 47.0 Å². The van der Waals surface area contributed by atoms with Gasteiger partial charge in [-0.05, 0) is 51.6 Å². The molecule has 0 aromatic carbocycles. The van der Waals surface area contributed by atoms with Crippen molar-refractivity contribution in [1.82, 2.24) is 10.2 Å². The van der Waals surface area contributed by atoms with Crippen molar-refractivity contribution in [3.8, 4) is 0 Å². The van der Waals surface area contributed by atoms with E-state index in [1.54, 1.807) is 0 Å². The van der Waals surface area contributed by atoms with Gasteiger partial charge in [0.05, 0.1) is 0 Å². The first-order valence-electron chi connectivity index (χ1n) is 7.34. The molecule has 1 saturated heterocycles. The van der Waals surface area contributed by atoms with E-state index in [0.717, 1.165) is 13.1 Å². The number of amides is 1. The number of likely N-dealkylation sites (tertiary alicyclic amines) is 1. The van der Waals surface area contributed by atoms with Gasteiger partial charge >= 0.3 is 0 Å². The van der Waals surface area contributed by atoms with Gasteiger partial charge in [0.1, 0.15) is 0 Å². The summed E-state index contributed by atoms with van der Waals surface area (Å²) < 4.78 is 0. The predicted molar refractivity (Wildman–Crippen MR) is 79.9 cm³/mol. The largest absolute Gasteiger partial charge is 0.355 e. The van der Waals surface area contributed by atoms with Crippen LogP contribution in [0.4, 0.5) is 0 Å². The topological polar surface area (TPSA) is 58.4 Å². The highest BCUT2D eigenvalue weighted by atomic mass is 16.1. The van der Waals surface area contributed by atoms with Gasteiger partial charge in [-0.2, -0.15) is 0 Å². The Morgan fingerprint density at radius 3 is 2.53 bits per heavy atom. The molecule has 1 aliphatic heterocycles. The van der Waals surface area contributed by atoms with E-state index in [0.29, 0.717) is 12.3 Å². The Morgan fingerprint density at radius 2 is 2.00 bits per heavy atom. The zero-order valence-corrected chi connectivity index (χ0v) is 13.3. The van der Waals surface area contributed by atoms with E-state index < -0.39 is 5.54 Å². The molecule has 1 fully saturated rings. The summed E-state index contributed by atoms with van der Waals surface area (Å²) in [6.45, 7) is 11.3. The number of hydrogen-bond donors (Lipinski definition) is 2. The molecule has 3 N–H and O–H groups in total. The van der Waals surface area contributed by atoms with E-state index in [9.17, 15) is 4.79 Å². The molecule has 0 radical (unpaired) electrons. The number of rotatable bonds is 5. The number of nitrogens with one attached hydrogen (secondary N) is 1. The van der Waals surface area contributed by atoms with Crippen molar-refractivity contribution < 1.29 is 4.79 Å². The molecular formula is C15H31N3O. The first kappa shape index (κ1) is 16.4. The normalized spacial score (nSPS) is 22.3. The van der Waals surface area contributed by atoms with Gasteiger partial charge in [0, 0.05) is 25.0 Å². The molecule has 1 heterocycles. The van der Waals surface area contributed by atoms with Crippen molar-refractivity contribution in [2.24, 2.45) is 17.1 Å². The first-order valence-corrected chi connectivity index (χ1v) is 7.34.